The molecule has 0 bridgehead atoms. The Morgan fingerprint density at radius 2 is 1.81 bits per heavy atom. The summed E-state index contributed by atoms with van der Waals surface area (Å²) in [7, 11) is 0. The molecule has 2 saturated heterocycles. The van der Waals surface area contributed by atoms with Crippen LogP contribution in [0.3, 0.4) is 0 Å². The van der Waals surface area contributed by atoms with Crippen LogP contribution in [-0.4, -0.2) is 60.8 Å². The molecule has 0 spiro atoms. The third kappa shape index (κ3) is 5.25. The van der Waals surface area contributed by atoms with Crippen LogP contribution in [0.2, 0.25) is 0 Å². The molecule has 2 rings (SSSR count). The summed E-state index contributed by atoms with van der Waals surface area (Å²) < 4.78 is 5.80. The van der Waals surface area contributed by atoms with Crippen LogP contribution in [0.15, 0.2) is 0 Å². The molecule has 3 atom stereocenters. The van der Waals surface area contributed by atoms with Crippen LogP contribution in [-0.2, 0) is 4.74 Å². The lowest BCUT2D eigenvalue weighted by Crippen LogP contribution is -2.46. The Labute approximate surface area is 130 Å². The van der Waals surface area contributed by atoms with Crippen molar-refractivity contribution in [1.82, 2.24) is 9.80 Å². The molecule has 0 aliphatic carbocycles. The van der Waals surface area contributed by atoms with Gasteiger partial charge in [0.25, 0.3) is 0 Å². The van der Waals surface area contributed by atoms with E-state index < -0.39 is 0 Å². The molecule has 0 unspecified atom stereocenters. The highest BCUT2D eigenvalue weighted by atomic mass is 16.5. The second kappa shape index (κ2) is 8.12. The van der Waals surface area contributed by atoms with Crippen molar-refractivity contribution in [2.75, 3.05) is 32.7 Å². The van der Waals surface area contributed by atoms with E-state index in [-0.39, 0.29) is 0 Å². The van der Waals surface area contributed by atoms with E-state index in [0.29, 0.717) is 24.7 Å². The topological polar surface area (TPSA) is 39.5 Å². The van der Waals surface area contributed by atoms with Crippen molar-refractivity contribution in [2.24, 2.45) is 5.92 Å². The van der Waals surface area contributed by atoms with Gasteiger partial charge in [0.05, 0.1) is 24.7 Å². The van der Waals surface area contributed by atoms with Gasteiger partial charge in [-0.25, -0.2) is 0 Å². The molecule has 0 amide bonds. The minimum absolute atomic E-state index is 0.377. The third-order valence-corrected chi connectivity index (χ3v) is 5.01. The zero-order chi connectivity index (χ0) is 15.2. The number of ether oxygens (including phenoxy) is 1. The maximum Gasteiger partial charge on any atom is 0.0678 e. The lowest BCUT2D eigenvalue weighted by atomic mass is 9.92. The summed E-state index contributed by atoms with van der Waals surface area (Å²) in [6.45, 7) is 12.3. The van der Waals surface area contributed by atoms with E-state index >= 15 is 0 Å². The van der Waals surface area contributed by atoms with Gasteiger partial charge in [0, 0.05) is 19.1 Å². The van der Waals surface area contributed by atoms with Gasteiger partial charge in [-0.1, -0.05) is 0 Å². The van der Waals surface area contributed by atoms with E-state index in [0.717, 1.165) is 19.0 Å². The molecular weight excluding hydrogens is 262 g/mol. The molecule has 4 heteroatoms. The minimum atomic E-state index is 0.377. The highest BCUT2D eigenvalue weighted by molar-refractivity contribution is 4.83. The van der Waals surface area contributed by atoms with Crippen LogP contribution in [0, 0.1) is 17.2 Å². The zero-order valence-corrected chi connectivity index (χ0v) is 13.9. The molecule has 2 fully saturated rings. The Morgan fingerprint density at radius 1 is 1.19 bits per heavy atom. The molecule has 0 aromatic carbocycles. The first-order valence-electron chi connectivity index (χ1n) is 8.57. The number of rotatable bonds is 5. The predicted molar refractivity (Wildman–Crippen MR) is 85.1 cm³/mol. The maximum absolute atomic E-state index is 8.80. The molecule has 2 aliphatic heterocycles. The van der Waals surface area contributed by atoms with E-state index in [1.165, 1.54) is 38.9 Å². The van der Waals surface area contributed by atoms with E-state index in [9.17, 15) is 0 Å². The van der Waals surface area contributed by atoms with Crippen molar-refractivity contribution >= 4 is 0 Å². The molecule has 21 heavy (non-hydrogen) atoms. The van der Waals surface area contributed by atoms with Crippen LogP contribution in [0.4, 0.5) is 0 Å². The Morgan fingerprint density at radius 3 is 2.38 bits per heavy atom. The Kier molecular flexibility index (Phi) is 6.47. The first kappa shape index (κ1) is 16.7. The first-order valence-corrected chi connectivity index (χ1v) is 8.57. The Hall–Kier alpha value is -0.630. The highest BCUT2D eigenvalue weighted by Crippen LogP contribution is 2.23. The average molecular weight is 293 g/mol. The van der Waals surface area contributed by atoms with Crippen LogP contribution in [0.25, 0.3) is 0 Å². The number of nitriles is 1. The molecule has 2 heterocycles. The fourth-order valence-electron chi connectivity index (χ4n) is 3.78. The number of nitrogens with zero attached hydrogens (tertiary/aromatic N) is 3. The molecule has 0 radical (unpaired) electrons. The monoisotopic (exact) mass is 293 g/mol. The Balaban J connectivity index is 1.66. The molecule has 0 aromatic rings. The molecule has 4 nitrogen and oxygen atoms in total. The van der Waals surface area contributed by atoms with Crippen molar-refractivity contribution in [3.63, 3.8) is 0 Å². The Bertz CT molecular complexity index is 336. The summed E-state index contributed by atoms with van der Waals surface area (Å²) in [5, 5.41) is 8.80. The quantitative estimate of drug-likeness (QED) is 0.781. The lowest BCUT2D eigenvalue weighted by molar-refractivity contribution is -0.0694. The smallest absolute Gasteiger partial charge is 0.0678 e. The third-order valence-electron chi connectivity index (χ3n) is 5.01. The molecule has 120 valence electrons. The highest BCUT2D eigenvalue weighted by Gasteiger charge is 2.25. The van der Waals surface area contributed by atoms with Crippen LogP contribution < -0.4 is 0 Å². The van der Waals surface area contributed by atoms with Gasteiger partial charge in [0.1, 0.15) is 0 Å². The van der Waals surface area contributed by atoms with Gasteiger partial charge in [0.15, 0.2) is 0 Å². The molecule has 0 aromatic heterocycles. The van der Waals surface area contributed by atoms with Crippen LogP contribution in [0.1, 0.15) is 46.5 Å². The summed E-state index contributed by atoms with van der Waals surface area (Å²) in [5.74, 6) is 0.865. The molecular formula is C17H31N3O. The van der Waals surface area contributed by atoms with E-state index in [2.05, 4.69) is 36.6 Å². The average Bonchev–Trinajstić information content (AvgIpc) is 2.45. The number of piperidine rings is 1. The zero-order valence-electron chi connectivity index (χ0n) is 13.9. The normalized spacial score (nSPS) is 31.0. The predicted octanol–water partition coefficient (Wildman–Crippen LogP) is 2.50. The van der Waals surface area contributed by atoms with Gasteiger partial charge >= 0.3 is 0 Å². The summed E-state index contributed by atoms with van der Waals surface area (Å²) in [6.07, 6.45) is 5.33. The van der Waals surface area contributed by atoms with Gasteiger partial charge in [-0.2, -0.15) is 5.26 Å². The van der Waals surface area contributed by atoms with Gasteiger partial charge in [-0.3, -0.25) is 9.80 Å². The van der Waals surface area contributed by atoms with Crippen molar-refractivity contribution in [1.29, 1.82) is 5.26 Å². The molecule has 0 saturated carbocycles. The van der Waals surface area contributed by atoms with E-state index in [1.807, 2.05) is 0 Å². The summed E-state index contributed by atoms with van der Waals surface area (Å²) in [6, 6.07) is 2.72. The van der Waals surface area contributed by atoms with Crippen molar-refractivity contribution in [2.45, 2.75) is 64.7 Å². The summed E-state index contributed by atoms with van der Waals surface area (Å²) in [4.78, 5) is 5.06. The molecule has 2 aliphatic rings. The summed E-state index contributed by atoms with van der Waals surface area (Å²) in [5.41, 5.74) is 0. The van der Waals surface area contributed by atoms with Crippen molar-refractivity contribution in [3.8, 4) is 6.07 Å². The van der Waals surface area contributed by atoms with E-state index in [1.54, 1.807) is 0 Å². The number of likely N-dealkylation sites (tertiary alicyclic amines) is 1. The fraction of sp³-hybridized carbons (Fsp3) is 0.941. The second-order valence-electron chi connectivity index (χ2n) is 7.00. The number of morpholine rings is 1. The minimum Gasteiger partial charge on any atom is -0.373 e. The summed E-state index contributed by atoms with van der Waals surface area (Å²) >= 11 is 0. The molecule has 0 N–H and O–H groups in total. The SMILES string of the molecule is C[C@@H]1CN(CCC2CCN([C@@H](C)CC#N)CC2)C[C@H](C)O1. The second-order valence-corrected chi connectivity index (χ2v) is 7.00. The maximum atomic E-state index is 8.80. The van der Waals surface area contributed by atoms with Crippen LogP contribution >= 0.6 is 0 Å². The van der Waals surface area contributed by atoms with Crippen molar-refractivity contribution in [3.05, 3.63) is 0 Å². The van der Waals surface area contributed by atoms with Gasteiger partial charge < -0.3 is 4.74 Å². The van der Waals surface area contributed by atoms with E-state index in [4.69, 9.17) is 10.00 Å². The number of hydrogen-bond acceptors (Lipinski definition) is 4. The van der Waals surface area contributed by atoms with Crippen molar-refractivity contribution < 1.29 is 4.74 Å². The van der Waals surface area contributed by atoms with Crippen LogP contribution in [0.5, 0.6) is 0 Å². The lowest BCUT2D eigenvalue weighted by Gasteiger charge is -2.38. The number of hydrogen-bond donors (Lipinski definition) is 0. The van der Waals surface area contributed by atoms with Gasteiger partial charge in [-0.15, -0.1) is 0 Å². The fourth-order valence-corrected chi connectivity index (χ4v) is 3.78. The van der Waals surface area contributed by atoms with Gasteiger partial charge in [-0.05, 0) is 65.6 Å². The standard InChI is InChI=1S/C17H31N3O/c1-14(4-8-18)20-10-6-17(7-11-20)5-9-19-12-15(2)21-16(3)13-19/h14-17H,4-7,9-13H2,1-3H3/t14-,15-,16+/m0/s1. The largest absolute Gasteiger partial charge is 0.373 e. The van der Waals surface area contributed by atoms with Gasteiger partial charge in [0.2, 0.25) is 0 Å². The first-order chi connectivity index (χ1) is 10.1.